The molecule has 0 saturated heterocycles. The first-order valence-electron chi connectivity index (χ1n) is 9.18. The molecule has 0 spiro atoms. The molecular weight excluding hydrogens is 392 g/mol. The number of ether oxygens (including phenoxy) is 2. The van der Waals surface area contributed by atoms with E-state index in [4.69, 9.17) is 21.1 Å². The molecule has 8 heteroatoms. The summed E-state index contributed by atoms with van der Waals surface area (Å²) in [5, 5.41) is 4.46. The minimum Gasteiger partial charge on any atom is -0.493 e. The molecule has 0 fully saturated rings. The van der Waals surface area contributed by atoms with Gasteiger partial charge in [-0.25, -0.2) is 9.67 Å². The van der Waals surface area contributed by atoms with Crippen molar-refractivity contribution >= 4 is 17.5 Å². The van der Waals surface area contributed by atoms with Crippen LogP contribution in [0.1, 0.15) is 35.8 Å². The van der Waals surface area contributed by atoms with Crippen molar-refractivity contribution in [3.05, 3.63) is 65.2 Å². The molecule has 29 heavy (non-hydrogen) atoms. The molecule has 0 saturated carbocycles. The van der Waals surface area contributed by atoms with Crippen molar-refractivity contribution in [3.63, 3.8) is 0 Å². The quantitative estimate of drug-likeness (QED) is 0.580. The van der Waals surface area contributed by atoms with Crippen LogP contribution in [0.15, 0.2) is 49.1 Å². The minimum atomic E-state index is -0.166. The Balaban J connectivity index is 1.81. The summed E-state index contributed by atoms with van der Waals surface area (Å²) in [6.45, 7) is 4.28. The summed E-state index contributed by atoms with van der Waals surface area (Å²) in [5.74, 6) is 0.703. The second-order valence-electron chi connectivity index (χ2n) is 6.45. The molecule has 0 N–H and O–H groups in total. The van der Waals surface area contributed by atoms with Crippen LogP contribution in [0.4, 0.5) is 0 Å². The van der Waals surface area contributed by atoms with Crippen LogP contribution >= 0.6 is 11.6 Å². The number of aromatic nitrogens is 3. The molecule has 2 aromatic carbocycles. The summed E-state index contributed by atoms with van der Waals surface area (Å²) in [6, 6.07) is 10.9. The van der Waals surface area contributed by atoms with Crippen LogP contribution in [0, 0.1) is 0 Å². The van der Waals surface area contributed by atoms with E-state index >= 15 is 0 Å². The summed E-state index contributed by atoms with van der Waals surface area (Å²) in [6.07, 6.45) is 3.12. The summed E-state index contributed by atoms with van der Waals surface area (Å²) in [4.78, 5) is 18.7. The van der Waals surface area contributed by atoms with E-state index in [9.17, 15) is 4.79 Å². The Bertz CT molecular complexity index is 974. The minimum absolute atomic E-state index is 0.149. The third-order valence-electron chi connectivity index (χ3n) is 4.73. The largest absolute Gasteiger partial charge is 0.493 e. The zero-order valence-corrected chi connectivity index (χ0v) is 17.6. The molecular formula is C21H23ClN4O3. The summed E-state index contributed by atoms with van der Waals surface area (Å²) >= 11 is 6.31. The molecule has 1 atom stereocenters. The Morgan fingerprint density at radius 1 is 1.28 bits per heavy atom. The molecule has 1 unspecified atom stereocenters. The average molecular weight is 415 g/mol. The molecule has 3 rings (SSSR count). The predicted molar refractivity (Wildman–Crippen MR) is 111 cm³/mol. The molecule has 1 heterocycles. The van der Waals surface area contributed by atoms with Crippen LogP contribution < -0.4 is 9.47 Å². The smallest absolute Gasteiger partial charge is 0.254 e. The lowest BCUT2D eigenvalue weighted by molar-refractivity contribution is 0.0742. The highest BCUT2D eigenvalue weighted by molar-refractivity contribution is 6.32. The van der Waals surface area contributed by atoms with Gasteiger partial charge in [0.15, 0.2) is 11.5 Å². The summed E-state index contributed by atoms with van der Waals surface area (Å²) < 4.78 is 12.5. The van der Waals surface area contributed by atoms with Gasteiger partial charge in [0.2, 0.25) is 0 Å². The summed E-state index contributed by atoms with van der Waals surface area (Å²) in [5.41, 5.74) is 2.33. The second-order valence-corrected chi connectivity index (χ2v) is 6.85. The highest BCUT2D eigenvalue weighted by Gasteiger charge is 2.22. The number of rotatable bonds is 7. The maximum atomic E-state index is 13.1. The van der Waals surface area contributed by atoms with Gasteiger partial charge in [0.05, 0.1) is 30.5 Å². The molecule has 0 radical (unpaired) electrons. The standard InChI is InChI=1S/C21H23ClN4O3/c1-5-29-20-18(22)10-16(11-19(20)28-4)21(27)25(3)14(2)15-6-8-17(9-7-15)26-13-23-12-24-26/h6-14H,5H2,1-4H3. The maximum Gasteiger partial charge on any atom is 0.254 e. The molecule has 0 aliphatic rings. The lowest BCUT2D eigenvalue weighted by Crippen LogP contribution is -2.29. The number of benzene rings is 2. The number of nitrogens with zero attached hydrogens (tertiary/aromatic N) is 4. The molecule has 3 aromatic rings. The molecule has 1 aromatic heterocycles. The van der Waals surface area contributed by atoms with E-state index in [-0.39, 0.29) is 11.9 Å². The van der Waals surface area contributed by atoms with E-state index in [0.29, 0.717) is 28.7 Å². The van der Waals surface area contributed by atoms with Crippen molar-refractivity contribution < 1.29 is 14.3 Å². The Morgan fingerprint density at radius 3 is 2.59 bits per heavy atom. The van der Waals surface area contributed by atoms with Crippen LogP contribution in [0.3, 0.4) is 0 Å². The average Bonchev–Trinajstić information content (AvgIpc) is 3.28. The number of halogens is 1. The van der Waals surface area contributed by atoms with Crippen molar-refractivity contribution in [2.24, 2.45) is 0 Å². The SMILES string of the molecule is CCOc1c(Cl)cc(C(=O)N(C)C(C)c2ccc(-n3cncn3)cc2)cc1OC. The maximum absolute atomic E-state index is 13.1. The lowest BCUT2D eigenvalue weighted by atomic mass is 10.1. The van der Waals surface area contributed by atoms with Gasteiger partial charge in [-0.3, -0.25) is 4.79 Å². The van der Waals surface area contributed by atoms with Crippen molar-refractivity contribution in [1.82, 2.24) is 19.7 Å². The number of hydrogen-bond acceptors (Lipinski definition) is 5. The number of amides is 1. The van der Waals surface area contributed by atoms with Gasteiger partial charge in [0.25, 0.3) is 5.91 Å². The number of hydrogen-bond donors (Lipinski definition) is 0. The van der Waals surface area contributed by atoms with Crippen molar-refractivity contribution in [2.75, 3.05) is 20.8 Å². The van der Waals surface area contributed by atoms with E-state index in [1.54, 1.807) is 35.1 Å². The number of carbonyl (C=O) groups is 1. The first kappa shape index (κ1) is 20.7. The molecule has 0 bridgehead atoms. The Labute approximate surface area is 174 Å². The highest BCUT2D eigenvalue weighted by atomic mass is 35.5. The van der Waals surface area contributed by atoms with Gasteiger partial charge in [-0.1, -0.05) is 23.7 Å². The molecule has 0 aliphatic carbocycles. The predicted octanol–water partition coefficient (Wildman–Crippen LogP) is 4.16. The normalized spacial score (nSPS) is 11.8. The van der Waals surface area contributed by atoms with E-state index in [2.05, 4.69) is 10.1 Å². The fourth-order valence-electron chi connectivity index (χ4n) is 2.98. The van der Waals surface area contributed by atoms with Gasteiger partial charge in [0.1, 0.15) is 12.7 Å². The van der Waals surface area contributed by atoms with Crippen LogP contribution in [0.5, 0.6) is 11.5 Å². The van der Waals surface area contributed by atoms with Crippen molar-refractivity contribution in [2.45, 2.75) is 19.9 Å². The van der Waals surface area contributed by atoms with Crippen molar-refractivity contribution in [1.29, 1.82) is 0 Å². The zero-order chi connectivity index (χ0) is 21.0. The molecule has 0 aliphatic heterocycles. The van der Waals surface area contributed by atoms with Gasteiger partial charge < -0.3 is 14.4 Å². The number of carbonyl (C=O) groups excluding carboxylic acids is 1. The fourth-order valence-corrected chi connectivity index (χ4v) is 3.24. The summed E-state index contributed by atoms with van der Waals surface area (Å²) in [7, 11) is 3.28. The zero-order valence-electron chi connectivity index (χ0n) is 16.8. The Morgan fingerprint density at radius 2 is 2.00 bits per heavy atom. The Hall–Kier alpha value is -3.06. The van der Waals surface area contributed by atoms with Crippen LogP contribution in [-0.2, 0) is 0 Å². The third-order valence-corrected chi connectivity index (χ3v) is 5.01. The highest BCUT2D eigenvalue weighted by Crippen LogP contribution is 2.37. The van der Waals surface area contributed by atoms with Crippen molar-refractivity contribution in [3.8, 4) is 17.2 Å². The van der Waals surface area contributed by atoms with Crippen LogP contribution in [0.25, 0.3) is 5.69 Å². The third kappa shape index (κ3) is 4.35. The van der Waals surface area contributed by atoms with E-state index < -0.39 is 0 Å². The van der Waals surface area contributed by atoms with Crippen LogP contribution in [-0.4, -0.2) is 46.3 Å². The molecule has 1 amide bonds. The van der Waals surface area contributed by atoms with Gasteiger partial charge in [-0.05, 0) is 43.7 Å². The van der Waals surface area contributed by atoms with E-state index in [1.807, 2.05) is 38.1 Å². The Kier molecular flexibility index (Phi) is 6.39. The van der Waals surface area contributed by atoms with Crippen LogP contribution in [0.2, 0.25) is 5.02 Å². The van der Waals surface area contributed by atoms with Gasteiger partial charge >= 0.3 is 0 Å². The monoisotopic (exact) mass is 414 g/mol. The lowest BCUT2D eigenvalue weighted by Gasteiger charge is -2.26. The topological polar surface area (TPSA) is 69.5 Å². The van der Waals surface area contributed by atoms with Gasteiger partial charge in [-0.15, -0.1) is 0 Å². The second kappa shape index (κ2) is 8.96. The van der Waals surface area contributed by atoms with Gasteiger partial charge in [0, 0.05) is 12.6 Å². The number of methoxy groups -OCH3 is 1. The first-order valence-corrected chi connectivity index (χ1v) is 9.56. The van der Waals surface area contributed by atoms with E-state index in [0.717, 1.165) is 11.3 Å². The van der Waals surface area contributed by atoms with Gasteiger partial charge in [-0.2, -0.15) is 5.10 Å². The fraction of sp³-hybridized carbons (Fsp3) is 0.286. The molecule has 7 nitrogen and oxygen atoms in total. The molecule has 152 valence electrons. The first-order chi connectivity index (χ1) is 14.0. The van der Waals surface area contributed by atoms with E-state index in [1.165, 1.54) is 13.4 Å².